The molecule has 1 aromatic rings. The van der Waals surface area contributed by atoms with Crippen LogP contribution in [0.1, 0.15) is 84.6 Å². The van der Waals surface area contributed by atoms with Gasteiger partial charge in [0.2, 0.25) is 17.7 Å². The van der Waals surface area contributed by atoms with Crippen LogP contribution in [0, 0.1) is 5.92 Å². The van der Waals surface area contributed by atoms with E-state index in [0.29, 0.717) is 24.9 Å². The Labute approximate surface area is 215 Å². The van der Waals surface area contributed by atoms with Crippen LogP contribution in [0.3, 0.4) is 0 Å². The maximum Gasteiger partial charge on any atom is 0.312 e. The van der Waals surface area contributed by atoms with Gasteiger partial charge in [0, 0.05) is 18.7 Å². The van der Waals surface area contributed by atoms with E-state index in [1.165, 1.54) is 5.56 Å². The van der Waals surface area contributed by atoms with Gasteiger partial charge >= 0.3 is 6.03 Å². The summed E-state index contributed by atoms with van der Waals surface area (Å²) in [7, 11) is 0. The molecule has 6 N–H and O–H groups in total. The van der Waals surface area contributed by atoms with Gasteiger partial charge in [-0.25, -0.2) is 4.79 Å². The van der Waals surface area contributed by atoms with Crippen molar-refractivity contribution in [1.82, 2.24) is 16.0 Å². The molecule has 202 valence electrons. The molecule has 0 aromatic heterocycles. The molecule has 5 amide bonds. The zero-order valence-electron chi connectivity index (χ0n) is 22.3. The van der Waals surface area contributed by atoms with Crippen molar-refractivity contribution >= 4 is 29.4 Å². The second-order valence-electron chi connectivity index (χ2n) is 9.53. The Hall–Kier alpha value is -3.10. The van der Waals surface area contributed by atoms with E-state index in [4.69, 9.17) is 5.73 Å². The van der Waals surface area contributed by atoms with Gasteiger partial charge in [-0.15, -0.1) is 0 Å². The van der Waals surface area contributed by atoms with E-state index < -0.39 is 24.0 Å². The minimum absolute atomic E-state index is 0.157. The summed E-state index contributed by atoms with van der Waals surface area (Å²) in [5.41, 5.74) is 6.94. The zero-order valence-corrected chi connectivity index (χ0v) is 22.3. The van der Waals surface area contributed by atoms with E-state index in [-0.39, 0.29) is 24.3 Å². The maximum absolute atomic E-state index is 13.1. The normalized spacial score (nSPS) is 12.5. The second-order valence-corrected chi connectivity index (χ2v) is 9.53. The molecule has 0 spiro atoms. The average Bonchev–Trinajstić information content (AvgIpc) is 2.83. The molecule has 36 heavy (non-hydrogen) atoms. The molecule has 0 radical (unpaired) electrons. The summed E-state index contributed by atoms with van der Waals surface area (Å²) in [4.78, 5) is 49.6. The maximum atomic E-state index is 13.1. The topological polar surface area (TPSA) is 142 Å². The van der Waals surface area contributed by atoms with Crippen molar-refractivity contribution in [2.24, 2.45) is 11.7 Å². The van der Waals surface area contributed by atoms with Gasteiger partial charge in [-0.1, -0.05) is 65.5 Å². The smallest absolute Gasteiger partial charge is 0.312 e. The van der Waals surface area contributed by atoms with Crippen molar-refractivity contribution in [3.63, 3.8) is 0 Å². The zero-order chi connectivity index (χ0) is 26.9. The highest BCUT2D eigenvalue weighted by Crippen LogP contribution is 2.13. The first-order chi connectivity index (χ1) is 17.2. The molecule has 9 nitrogen and oxygen atoms in total. The number of primary amides is 1. The van der Waals surface area contributed by atoms with E-state index in [0.717, 1.165) is 38.5 Å². The number of urea groups is 1. The molecular formula is C27H45N5O4. The lowest BCUT2D eigenvalue weighted by Crippen LogP contribution is -2.54. The van der Waals surface area contributed by atoms with Crippen LogP contribution in [0.2, 0.25) is 0 Å². The van der Waals surface area contributed by atoms with Gasteiger partial charge < -0.3 is 27.0 Å². The number of rotatable bonds is 17. The summed E-state index contributed by atoms with van der Waals surface area (Å²) in [6.07, 6.45) is 7.00. The molecule has 9 heteroatoms. The predicted octanol–water partition coefficient (Wildman–Crippen LogP) is 3.62. The standard InChI is InChI=1S/C27H45N5O4/c1-5-7-8-9-13-23(33)32-24(19(3)4)26(35)31-22(12-10-18-29-27(28)36)25(34)30-21-16-14-20(11-6-2)15-17-21/h14-17,19,22,24H,5-13,18H2,1-4H3,(H,30,34)(H,31,35)(H,32,33)(H3,28,29,36)/t22-,24-/m0/s1. The van der Waals surface area contributed by atoms with Crippen molar-refractivity contribution in [1.29, 1.82) is 0 Å². The van der Waals surface area contributed by atoms with Crippen LogP contribution in [0.25, 0.3) is 0 Å². The van der Waals surface area contributed by atoms with Crippen LogP contribution in [0.15, 0.2) is 24.3 Å². The number of carbonyl (C=O) groups is 4. The first-order valence-electron chi connectivity index (χ1n) is 13.2. The molecular weight excluding hydrogens is 458 g/mol. The van der Waals surface area contributed by atoms with Crippen LogP contribution in [0.5, 0.6) is 0 Å². The third-order valence-corrected chi connectivity index (χ3v) is 5.88. The number of hydrogen-bond donors (Lipinski definition) is 5. The highest BCUT2D eigenvalue weighted by molar-refractivity contribution is 5.98. The predicted molar refractivity (Wildman–Crippen MR) is 143 cm³/mol. The lowest BCUT2D eigenvalue weighted by molar-refractivity contribution is -0.132. The van der Waals surface area contributed by atoms with Crippen LogP contribution in [-0.2, 0) is 20.8 Å². The highest BCUT2D eigenvalue weighted by Gasteiger charge is 2.28. The van der Waals surface area contributed by atoms with Crippen LogP contribution in [0.4, 0.5) is 10.5 Å². The number of benzene rings is 1. The fourth-order valence-electron chi connectivity index (χ4n) is 3.81. The Balaban J connectivity index is 2.85. The lowest BCUT2D eigenvalue weighted by Gasteiger charge is -2.25. The minimum atomic E-state index is -0.842. The number of nitrogens with two attached hydrogens (primary N) is 1. The summed E-state index contributed by atoms with van der Waals surface area (Å²) in [5, 5.41) is 11.0. The summed E-state index contributed by atoms with van der Waals surface area (Å²) < 4.78 is 0. The minimum Gasteiger partial charge on any atom is -0.352 e. The molecule has 0 fully saturated rings. The molecule has 0 saturated carbocycles. The van der Waals surface area contributed by atoms with Crippen molar-refractivity contribution < 1.29 is 19.2 Å². The van der Waals surface area contributed by atoms with Gasteiger partial charge in [-0.2, -0.15) is 0 Å². The molecule has 0 aliphatic heterocycles. The lowest BCUT2D eigenvalue weighted by atomic mass is 10.0. The van der Waals surface area contributed by atoms with Gasteiger partial charge in [-0.3, -0.25) is 14.4 Å². The van der Waals surface area contributed by atoms with Crippen molar-refractivity contribution in [2.45, 2.75) is 97.6 Å². The SMILES string of the molecule is CCCCCCC(=O)N[C@H](C(=O)N[C@@H](CCCNC(N)=O)C(=O)Nc1ccc(CCC)cc1)C(C)C. The van der Waals surface area contributed by atoms with E-state index >= 15 is 0 Å². The van der Waals surface area contributed by atoms with Gasteiger partial charge in [0.1, 0.15) is 12.1 Å². The number of amides is 5. The second kappa shape index (κ2) is 17.3. The van der Waals surface area contributed by atoms with Crippen LogP contribution >= 0.6 is 0 Å². The van der Waals surface area contributed by atoms with Crippen molar-refractivity contribution in [3.05, 3.63) is 29.8 Å². The first-order valence-corrected chi connectivity index (χ1v) is 13.2. The molecule has 0 saturated heterocycles. The van der Waals surface area contributed by atoms with Gasteiger partial charge in [-0.05, 0) is 49.3 Å². The summed E-state index contributed by atoms with van der Waals surface area (Å²) in [6, 6.07) is 5.37. The Kier molecular flexibility index (Phi) is 14.9. The number of anilines is 1. The van der Waals surface area contributed by atoms with E-state index in [1.54, 1.807) is 0 Å². The Morgan fingerprint density at radius 1 is 0.861 bits per heavy atom. The third-order valence-electron chi connectivity index (χ3n) is 5.88. The largest absolute Gasteiger partial charge is 0.352 e. The fraction of sp³-hybridized carbons (Fsp3) is 0.630. The number of hydrogen-bond acceptors (Lipinski definition) is 4. The first kappa shape index (κ1) is 30.9. The Morgan fingerprint density at radius 3 is 2.14 bits per heavy atom. The summed E-state index contributed by atoms with van der Waals surface area (Å²) in [6.45, 7) is 8.20. The number of carbonyl (C=O) groups excluding carboxylic acids is 4. The Bertz CT molecular complexity index is 826. The van der Waals surface area contributed by atoms with Crippen LogP contribution in [-0.4, -0.2) is 42.4 Å². The summed E-state index contributed by atoms with van der Waals surface area (Å²) >= 11 is 0. The molecule has 0 bridgehead atoms. The monoisotopic (exact) mass is 503 g/mol. The molecule has 1 rings (SSSR count). The van der Waals surface area contributed by atoms with E-state index in [1.807, 2.05) is 38.1 Å². The molecule has 2 atom stereocenters. The average molecular weight is 504 g/mol. The van der Waals surface area contributed by atoms with Crippen molar-refractivity contribution in [2.75, 3.05) is 11.9 Å². The van der Waals surface area contributed by atoms with E-state index in [2.05, 4.69) is 35.1 Å². The molecule has 0 aliphatic carbocycles. The van der Waals surface area contributed by atoms with Gasteiger partial charge in [0.25, 0.3) is 0 Å². The Morgan fingerprint density at radius 2 is 1.56 bits per heavy atom. The van der Waals surface area contributed by atoms with Gasteiger partial charge in [0.15, 0.2) is 0 Å². The quantitative estimate of drug-likeness (QED) is 0.207. The van der Waals surface area contributed by atoms with E-state index in [9.17, 15) is 19.2 Å². The summed E-state index contributed by atoms with van der Waals surface area (Å²) in [5.74, 6) is -1.10. The number of nitrogens with one attached hydrogen (secondary N) is 4. The third kappa shape index (κ3) is 12.6. The highest BCUT2D eigenvalue weighted by atomic mass is 16.2. The van der Waals surface area contributed by atoms with Gasteiger partial charge in [0.05, 0.1) is 0 Å². The molecule has 1 aromatic carbocycles. The molecule has 0 heterocycles. The fourth-order valence-corrected chi connectivity index (χ4v) is 3.81. The number of unbranched alkanes of at least 4 members (excludes halogenated alkanes) is 3. The molecule has 0 unspecified atom stereocenters. The van der Waals surface area contributed by atoms with Crippen molar-refractivity contribution in [3.8, 4) is 0 Å². The molecule has 0 aliphatic rings. The van der Waals surface area contributed by atoms with Crippen LogP contribution < -0.4 is 27.0 Å². The number of aryl methyl sites for hydroxylation is 1.